The number of amides is 1. The zero-order chi connectivity index (χ0) is 34.3. The number of ether oxygens (including phenoxy) is 1. The first-order valence-corrected chi connectivity index (χ1v) is 17.9. The van der Waals surface area contributed by atoms with Gasteiger partial charge in [-0.15, -0.1) is 11.3 Å². The standard InChI is InChI=1S/C37H45N7O4S/c1-24-28(30-16-37(2,3)17-33(30)49-24)8-10-44(23-46)35-31(20-45)29(7-9-38-35)25-15-32(36(47)41(4)19-25)40-34-6-5-26(18-39-34)42-11-13-43(14-12-42)27-21-48-22-27/h5-7,9,15,18-19,23,27,45H,8,10-14,16-17,20-22H2,1-4H3,(H,39,40). The molecular weight excluding hydrogens is 639 g/mol. The normalized spacial score (nSPS) is 17.5. The molecule has 0 saturated carbocycles. The van der Waals surface area contributed by atoms with Gasteiger partial charge >= 0.3 is 0 Å². The molecule has 1 aliphatic carbocycles. The van der Waals surface area contributed by atoms with Crippen LogP contribution in [0.5, 0.6) is 0 Å². The van der Waals surface area contributed by atoms with E-state index >= 15 is 0 Å². The van der Waals surface area contributed by atoms with E-state index < -0.39 is 0 Å². The van der Waals surface area contributed by atoms with Crippen LogP contribution in [0.15, 0.2) is 47.7 Å². The van der Waals surface area contributed by atoms with Gasteiger partial charge in [0.25, 0.3) is 5.56 Å². The number of hydrogen-bond acceptors (Lipinski definition) is 10. The van der Waals surface area contributed by atoms with Crippen molar-refractivity contribution in [1.82, 2.24) is 19.4 Å². The lowest BCUT2D eigenvalue weighted by Gasteiger charge is -2.43. The van der Waals surface area contributed by atoms with Crippen LogP contribution >= 0.6 is 11.3 Å². The highest BCUT2D eigenvalue weighted by Crippen LogP contribution is 2.43. The molecule has 4 aromatic heterocycles. The third-order valence-electron chi connectivity index (χ3n) is 10.2. The molecule has 4 aromatic rings. The highest BCUT2D eigenvalue weighted by molar-refractivity contribution is 7.12. The van der Waals surface area contributed by atoms with Crippen molar-refractivity contribution in [3.05, 3.63) is 79.7 Å². The molecule has 49 heavy (non-hydrogen) atoms. The number of aliphatic hydroxyl groups excluding tert-OH is 1. The van der Waals surface area contributed by atoms with Crippen LogP contribution in [-0.2, 0) is 42.4 Å². The second kappa shape index (κ2) is 13.7. The average Bonchev–Trinajstić information content (AvgIpc) is 3.52. The Labute approximate surface area is 291 Å². The molecule has 1 amide bonds. The van der Waals surface area contributed by atoms with E-state index in [2.05, 4.69) is 45.9 Å². The lowest BCUT2D eigenvalue weighted by Crippen LogP contribution is -2.56. The van der Waals surface area contributed by atoms with Crippen molar-refractivity contribution in [3.8, 4) is 11.1 Å². The molecule has 12 heteroatoms. The third-order valence-corrected chi connectivity index (χ3v) is 11.4. The minimum absolute atomic E-state index is 0.207. The molecule has 258 valence electrons. The number of fused-ring (bicyclic) bond motifs is 1. The summed E-state index contributed by atoms with van der Waals surface area (Å²) < 4.78 is 6.87. The van der Waals surface area contributed by atoms with Crippen molar-refractivity contribution >= 4 is 40.8 Å². The molecule has 0 aromatic carbocycles. The number of piperazine rings is 1. The fourth-order valence-electron chi connectivity index (χ4n) is 7.45. The van der Waals surface area contributed by atoms with Crippen molar-refractivity contribution < 1.29 is 14.6 Å². The van der Waals surface area contributed by atoms with E-state index in [0.717, 1.165) is 70.8 Å². The fourth-order valence-corrected chi connectivity index (χ4v) is 8.95. The number of anilines is 4. The lowest BCUT2D eigenvalue weighted by molar-refractivity contribution is -0.107. The molecule has 2 saturated heterocycles. The van der Waals surface area contributed by atoms with Gasteiger partial charge in [-0.25, -0.2) is 9.97 Å². The zero-order valence-electron chi connectivity index (χ0n) is 28.7. The SMILES string of the molecule is Cc1sc2c(c1CCN(C=O)c1nccc(-c3cc(Nc4ccc(N5CCN(C6COC6)CC5)cn4)c(=O)n(C)c3)c1CO)CC(C)(C)C2. The average molecular weight is 684 g/mol. The van der Waals surface area contributed by atoms with Crippen LogP contribution in [0.4, 0.5) is 23.0 Å². The number of carbonyl (C=O) groups is 1. The summed E-state index contributed by atoms with van der Waals surface area (Å²) in [6.45, 7) is 12.4. The first-order valence-electron chi connectivity index (χ1n) is 17.1. The summed E-state index contributed by atoms with van der Waals surface area (Å²) in [4.78, 5) is 44.1. The second-order valence-corrected chi connectivity index (χ2v) is 15.5. The monoisotopic (exact) mass is 683 g/mol. The van der Waals surface area contributed by atoms with Gasteiger partial charge in [0.05, 0.1) is 37.7 Å². The first-order chi connectivity index (χ1) is 23.6. The van der Waals surface area contributed by atoms with Gasteiger partial charge in [-0.3, -0.25) is 19.4 Å². The Morgan fingerprint density at radius 1 is 1.12 bits per heavy atom. The maximum atomic E-state index is 13.2. The summed E-state index contributed by atoms with van der Waals surface area (Å²) in [7, 11) is 1.70. The van der Waals surface area contributed by atoms with Gasteiger partial charge in [-0.1, -0.05) is 13.8 Å². The second-order valence-electron chi connectivity index (χ2n) is 14.2. The molecular formula is C37H45N7O4S. The summed E-state index contributed by atoms with van der Waals surface area (Å²) in [6.07, 6.45) is 8.89. The maximum absolute atomic E-state index is 13.2. The Morgan fingerprint density at radius 3 is 2.59 bits per heavy atom. The maximum Gasteiger partial charge on any atom is 0.274 e. The van der Waals surface area contributed by atoms with E-state index in [9.17, 15) is 14.7 Å². The Kier molecular flexibility index (Phi) is 9.31. The van der Waals surface area contributed by atoms with Gasteiger partial charge in [0.15, 0.2) is 0 Å². The molecule has 2 N–H and O–H groups in total. The Bertz CT molecular complexity index is 1890. The van der Waals surface area contributed by atoms with Crippen molar-refractivity contribution in [2.45, 2.75) is 52.7 Å². The topological polar surface area (TPSA) is 116 Å². The summed E-state index contributed by atoms with van der Waals surface area (Å²) in [6, 6.07) is 8.06. The fraction of sp³-hybridized carbons (Fsp3) is 0.459. The molecule has 0 unspecified atom stereocenters. The summed E-state index contributed by atoms with van der Waals surface area (Å²) in [5, 5.41) is 13.8. The van der Waals surface area contributed by atoms with Gasteiger partial charge in [0, 0.05) is 73.0 Å². The number of aromatic nitrogens is 3. The number of rotatable bonds is 11. The third kappa shape index (κ3) is 6.74. The molecule has 0 atom stereocenters. The predicted octanol–water partition coefficient (Wildman–Crippen LogP) is 4.30. The van der Waals surface area contributed by atoms with Gasteiger partial charge in [0.2, 0.25) is 6.41 Å². The van der Waals surface area contributed by atoms with E-state index in [4.69, 9.17) is 4.74 Å². The minimum Gasteiger partial charge on any atom is -0.392 e. The Balaban J connectivity index is 1.09. The number of carbonyl (C=O) groups excluding carboxylic acids is 1. The van der Waals surface area contributed by atoms with Crippen molar-refractivity contribution in [1.29, 1.82) is 0 Å². The number of aliphatic hydroxyl groups is 1. The molecule has 11 nitrogen and oxygen atoms in total. The predicted molar refractivity (Wildman–Crippen MR) is 194 cm³/mol. The van der Waals surface area contributed by atoms with Crippen LogP contribution in [0.2, 0.25) is 0 Å². The van der Waals surface area contributed by atoms with Crippen molar-refractivity contribution in [2.75, 3.05) is 61.1 Å². The number of nitrogens with one attached hydrogen (secondary N) is 1. The molecule has 2 fully saturated rings. The van der Waals surface area contributed by atoms with E-state index in [0.29, 0.717) is 46.6 Å². The lowest BCUT2D eigenvalue weighted by atomic mass is 9.89. The van der Waals surface area contributed by atoms with Crippen molar-refractivity contribution in [3.63, 3.8) is 0 Å². The smallest absolute Gasteiger partial charge is 0.274 e. The molecule has 6 heterocycles. The number of thiophene rings is 1. The number of aryl methyl sites for hydroxylation is 2. The molecule has 0 radical (unpaired) electrons. The van der Waals surface area contributed by atoms with E-state index in [-0.39, 0.29) is 17.6 Å². The van der Waals surface area contributed by atoms with Gasteiger partial charge in [0.1, 0.15) is 17.3 Å². The van der Waals surface area contributed by atoms with E-state index in [1.165, 1.54) is 25.4 Å². The van der Waals surface area contributed by atoms with Crippen LogP contribution in [0.25, 0.3) is 11.1 Å². The number of hydrogen-bond donors (Lipinski definition) is 2. The quantitative estimate of drug-likeness (QED) is 0.223. The molecule has 2 aliphatic heterocycles. The molecule has 0 bridgehead atoms. The van der Waals surface area contributed by atoms with E-state index in [1.807, 2.05) is 35.7 Å². The van der Waals surface area contributed by atoms with Crippen LogP contribution in [0.3, 0.4) is 0 Å². The van der Waals surface area contributed by atoms with Gasteiger partial charge < -0.3 is 24.6 Å². The van der Waals surface area contributed by atoms with Crippen LogP contribution in [0.1, 0.15) is 40.3 Å². The zero-order valence-corrected chi connectivity index (χ0v) is 29.6. The molecule has 3 aliphatic rings. The summed E-state index contributed by atoms with van der Waals surface area (Å²) in [5.41, 5.74) is 6.17. The molecule has 0 spiro atoms. The van der Waals surface area contributed by atoms with Crippen LogP contribution in [-0.4, -0.2) is 82.9 Å². The van der Waals surface area contributed by atoms with Crippen LogP contribution in [0, 0.1) is 12.3 Å². The number of nitrogens with zero attached hydrogens (tertiary/aromatic N) is 6. The summed E-state index contributed by atoms with van der Waals surface area (Å²) in [5.74, 6) is 0.981. The largest absolute Gasteiger partial charge is 0.392 e. The van der Waals surface area contributed by atoms with Gasteiger partial charge in [-0.05, 0) is 72.6 Å². The van der Waals surface area contributed by atoms with E-state index in [1.54, 1.807) is 30.4 Å². The van der Waals surface area contributed by atoms with Crippen molar-refractivity contribution in [2.24, 2.45) is 12.5 Å². The molecule has 7 rings (SSSR count). The Morgan fingerprint density at radius 2 is 1.92 bits per heavy atom. The highest BCUT2D eigenvalue weighted by atomic mass is 32.1. The summed E-state index contributed by atoms with van der Waals surface area (Å²) >= 11 is 1.87. The number of pyridine rings is 3. The minimum atomic E-state index is -0.318. The van der Waals surface area contributed by atoms with Gasteiger partial charge in [-0.2, -0.15) is 0 Å². The Hall–Kier alpha value is -4.10. The van der Waals surface area contributed by atoms with Crippen LogP contribution < -0.4 is 20.7 Å². The first kappa shape index (κ1) is 33.4. The highest BCUT2D eigenvalue weighted by Gasteiger charge is 2.33.